The van der Waals surface area contributed by atoms with Gasteiger partial charge in [-0.05, 0) is 102 Å². The van der Waals surface area contributed by atoms with E-state index in [0.717, 1.165) is 71.6 Å². The van der Waals surface area contributed by atoms with Gasteiger partial charge in [0.05, 0.1) is 28.2 Å². The van der Waals surface area contributed by atoms with Crippen LogP contribution in [0.25, 0.3) is 102 Å². The van der Waals surface area contributed by atoms with Crippen molar-refractivity contribution in [2.24, 2.45) is 0 Å². The number of benzene rings is 5. The second kappa shape index (κ2) is 15.1. The number of fused-ring (bicyclic) bond motifs is 20. The minimum Gasteiger partial charge on any atom is -0.357 e. The zero-order valence-corrected chi connectivity index (χ0v) is 38.0. The van der Waals surface area contributed by atoms with E-state index in [1.807, 2.05) is 30.4 Å². The smallest absolute Gasteiger partial charge is 0.357 e. The predicted octanol–water partition coefficient (Wildman–Crippen LogP) is 12.1. The number of nitro benzene ring substituents is 1. The minimum absolute atomic E-state index is 0. The van der Waals surface area contributed by atoms with Crippen molar-refractivity contribution in [3.63, 3.8) is 0 Å². The molecule has 0 N–H and O–H groups in total. The fraction of sp³-hybridized carbons (Fsp3) is 0.231. The van der Waals surface area contributed by atoms with Crippen molar-refractivity contribution < 1.29 is 21.4 Å². The van der Waals surface area contributed by atoms with Crippen molar-refractivity contribution in [1.29, 1.82) is 0 Å². The summed E-state index contributed by atoms with van der Waals surface area (Å²) in [5.41, 5.74) is 10.2. The average molecular weight is 887 g/mol. The van der Waals surface area contributed by atoms with Crippen LogP contribution < -0.4 is 9.97 Å². The van der Waals surface area contributed by atoms with Crippen LogP contribution in [-0.4, -0.2) is 34.8 Å². The van der Waals surface area contributed by atoms with Gasteiger partial charge in [-0.2, -0.15) is 0 Å². The van der Waals surface area contributed by atoms with E-state index in [1.54, 1.807) is 12.1 Å². The third kappa shape index (κ3) is 7.55. The number of rotatable bonds is 3. The number of hydrogen-bond donors (Lipinski definition) is 0. The van der Waals surface area contributed by atoms with Crippen LogP contribution in [0.15, 0.2) is 97.1 Å². The van der Waals surface area contributed by atoms with Gasteiger partial charge in [0.25, 0.3) is 5.69 Å². The quantitative estimate of drug-likeness (QED) is 0.0726. The number of nitro groups is 1. The first kappa shape index (κ1) is 42.4. The molecule has 12 heteroatoms. The molecule has 10 rings (SSSR count). The Morgan fingerprint density at radius 3 is 1.28 bits per heavy atom. The maximum absolute atomic E-state index is 11.2. The van der Waals surface area contributed by atoms with Gasteiger partial charge in [-0.1, -0.05) is 123 Å². The zero-order chi connectivity index (χ0) is 44.2. The van der Waals surface area contributed by atoms with E-state index in [0.29, 0.717) is 45.9 Å². The first-order valence-electron chi connectivity index (χ1n) is 21.1. The van der Waals surface area contributed by atoms with Crippen LogP contribution >= 0.6 is 0 Å². The van der Waals surface area contributed by atoms with E-state index in [-0.39, 0.29) is 38.4 Å². The molecular weight excluding hydrogens is 841 g/mol. The Labute approximate surface area is 380 Å². The number of aromatic nitrogens is 8. The van der Waals surface area contributed by atoms with Crippen LogP contribution in [0.1, 0.15) is 90.1 Å². The van der Waals surface area contributed by atoms with Crippen LogP contribution in [-0.2, 0) is 32.7 Å². The molecule has 0 saturated heterocycles. The van der Waals surface area contributed by atoms with Gasteiger partial charge in [-0.3, -0.25) is 10.1 Å². The van der Waals surface area contributed by atoms with Crippen LogP contribution in [0, 0.1) is 10.1 Å². The molecule has 0 saturated carbocycles. The monoisotopic (exact) mass is 885 g/mol. The maximum Gasteiger partial charge on any atom is 2.00 e. The SMILES string of the molecule is CC(C)(C)c1ccc2c(c1)-c1nc-2nc2[n-]c(nc3nc(nc4[n-]c(n1)c1ccc(C(C)(C)C)cc41)-c1cc(C(C)(C)C)ccc1-3)c1cc(/C=C/c3ccc([N+](=O)[O-])cc3)ccc21.[Ni+2]. The van der Waals surface area contributed by atoms with Gasteiger partial charge in [0, 0.05) is 57.0 Å². The van der Waals surface area contributed by atoms with Crippen LogP contribution in [0.5, 0.6) is 0 Å². The second-order valence-corrected chi connectivity index (χ2v) is 19.5. The second-order valence-electron chi connectivity index (χ2n) is 19.5. The summed E-state index contributed by atoms with van der Waals surface area (Å²) in [6.45, 7) is 19.8. The summed E-state index contributed by atoms with van der Waals surface area (Å²) >= 11 is 0. The third-order valence-corrected chi connectivity index (χ3v) is 11.9. The zero-order valence-electron chi connectivity index (χ0n) is 37.0. The van der Waals surface area contributed by atoms with E-state index in [2.05, 4.69) is 117 Å². The van der Waals surface area contributed by atoms with Gasteiger partial charge in [-0.25, -0.2) is 9.97 Å². The summed E-state index contributed by atoms with van der Waals surface area (Å²) in [6.07, 6.45) is 3.89. The van der Waals surface area contributed by atoms with Gasteiger partial charge in [-0.15, -0.1) is 0 Å². The topological polar surface area (TPSA) is 149 Å². The van der Waals surface area contributed by atoms with Gasteiger partial charge in [0.15, 0.2) is 0 Å². The molecule has 5 heterocycles. The molecule has 0 unspecified atom stereocenters. The fourth-order valence-electron chi connectivity index (χ4n) is 8.08. The molecule has 2 aliphatic rings. The van der Waals surface area contributed by atoms with Gasteiger partial charge in [0.2, 0.25) is 0 Å². The van der Waals surface area contributed by atoms with Crippen molar-refractivity contribution in [2.45, 2.75) is 78.6 Å². The van der Waals surface area contributed by atoms with Crippen molar-refractivity contribution in [3.05, 3.63) is 135 Å². The summed E-state index contributed by atoms with van der Waals surface area (Å²) in [5, 5.41) is 14.6. The summed E-state index contributed by atoms with van der Waals surface area (Å²) in [4.78, 5) is 52.3. The molecule has 8 bridgehead atoms. The van der Waals surface area contributed by atoms with E-state index >= 15 is 0 Å². The molecule has 3 aromatic heterocycles. The van der Waals surface area contributed by atoms with Gasteiger partial charge >= 0.3 is 16.5 Å². The maximum atomic E-state index is 11.2. The average Bonchev–Trinajstić information content (AvgIpc) is 3.96. The Balaban J connectivity index is 0.00000518. The van der Waals surface area contributed by atoms with E-state index in [9.17, 15) is 10.1 Å². The Bertz CT molecular complexity index is 3440. The molecule has 0 aliphatic carbocycles. The Morgan fingerprint density at radius 1 is 0.438 bits per heavy atom. The van der Waals surface area contributed by atoms with Crippen molar-refractivity contribution in [1.82, 2.24) is 39.9 Å². The summed E-state index contributed by atoms with van der Waals surface area (Å²) in [6, 6.07) is 31.6. The minimum atomic E-state index is -0.401. The summed E-state index contributed by atoms with van der Waals surface area (Å²) < 4.78 is 0. The molecule has 0 spiro atoms. The van der Waals surface area contributed by atoms with Crippen LogP contribution in [0.4, 0.5) is 5.69 Å². The number of non-ortho nitro benzene ring substituents is 1. The van der Waals surface area contributed by atoms with Gasteiger partial charge < -0.3 is 29.9 Å². The Hall–Kier alpha value is -6.91. The molecule has 2 aliphatic heterocycles. The fourth-order valence-corrected chi connectivity index (χ4v) is 8.08. The van der Waals surface area contributed by atoms with E-state index in [1.165, 1.54) is 12.1 Å². The first-order chi connectivity index (χ1) is 29.9. The molecular formula is C52H45N9NiO2. The van der Waals surface area contributed by atoms with Crippen molar-refractivity contribution in [3.8, 4) is 45.6 Å². The molecule has 11 nitrogen and oxygen atoms in total. The Kier molecular flexibility index (Phi) is 10.0. The van der Waals surface area contributed by atoms with Crippen molar-refractivity contribution in [2.75, 3.05) is 0 Å². The molecule has 0 fully saturated rings. The van der Waals surface area contributed by atoms with Gasteiger partial charge in [0.1, 0.15) is 0 Å². The summed E-state index contributed by atoms with van der Waals surface area (Å²) in [7, 11) is 0. The molecule has 0 radical (unpaired) electrons. The molecule has 5 aromatic carbocycles. The third-order valence-electron chi connectivity index (χ3n) is 11.9. The molecule has 0 amide bonds. The van der Waals surface area contributed by atoms with Crippen molar-refractivity contribution >= 4 is 62.0 Å². The predicted molar refractivity (Wildman–Crippen MR) is 252 cm³/mol. The Morgan fingerprint density at radius 2 is 0.812 bits per heavy atom. The number of hydrogen-bond acceptors (Lipinski definition) is 8. The van der Waals surface area contributed by atoms with E-state index < -0.39 is 4.92 Å². The molecule has 8 aromatic rings. The molecule has 0 atom stereocenters. The summed E-state index contributed by atoms with van der Waals surface area (Å²) in [5.74, 6) is 2.00. The first-order valence-corrected chi connectivity index (χ1v) is 21.1. The van der Waals surface area contributed by atoms with Crippen LogP contribution in [0.3, 0.4) is 0 Å². The largest absolute Gasteiger partial charge is 2.00 e. The van der Waals surface area contributed by atoms with E-state index in [4.69, 9.17) is 39.9 Å². The standard InChI is InChI=1S/C52H45N9O2.Ni/c1-50(2,3)30-15-21-35-39(25-30)47-56-43(35)53-42-34-20-14-29(11-10-28-12-18-33(19-13-28)61(62)63)24-38(34)46(54-42)55-44-36-22-16-31(51(4,5)6)26-40(36)48(58-44)60-49-41-27-32(52(7,8)9)17-23-37(41)45(57-47)59-49;/h10-27H,1-9H3;/q-2;+2/b11-10+;. The molecule has 320 valence electrons. The molecule has 64 heavy (non-hydrogen) atoms. The normalized spacial score (nSPS) is 12.7. The van der Waals surface area contributed by atoms with Crippen LogP contribution in [0.2, 0.25) is 0 Å². The number of nitrogens with zero attached hydrogens (tertiary/aromatic N) is 9.